The fourth-order valence-electron chi connectivity index (χ4n) is 2.13. The van der Waals surface area contributed by atoms with E-state index in [4.69, 9.17) is 4.55 Å². The molecule has 2 rings (SSSR count). The largest absolute Gasteiger partial charge is 0.395 e. The number of aryl methyl sites for hydroxylation is 1. The Hall–Kier alpha value is -1.05. The van der Waals surface area contributed by atoms with Gasteiger partial charge in [-0.2, -0.15) is 8.42 Å². The van der Waals surface area contributed by atoms with Gasteiger partial charge in [0, 0.05) is 6.42 Å². The van der Waals surface area contributed by atoms with Gasteiger partial charge in [0.2, 0.25) is 0 Å². The number of rotatable bonds is 3. The smallest absolute Gasteiger partial charge is 0.294 e. The normalized spacial score (nSPS) is 26.1. The van der Waals surface area contributed by atoms with Crippen LogP contribution in [0.1, 0.15) is 17.5 Å². The number of hydrogen-bond donors (Lipinski definition) is 2. The summed E-state index contributed by atoms with van der Waals surface area (Å²) in [7, 11) is -4.60. The van der Waals surface area contributed by atoms with Crippen molar-refractivity contribution in [2.24, 2.45) is 0 Å². The summed E-state index contributed by atoms with van der Waals surface area (Å²) in [6.07, 6.45) is -0.623. The minimum Gasteiger partial charge on any atom is -0.395 e. The Morgan fingerprint density at radius 1 is 1.39 bits per heavy atom. The van der Waals surface area contributed by atoms with Crippen molar-refractivity contribution >= 4 is 10.1 Å². The predicted molar refractivity (Wildman–Crippen MR) is 59.3 cm³/mol. The minimum atomic E-state index is -4.60. The predicted octanol–water partition coefficient (Wildman–Crippen LogP) is 1.51. The van der Waals surface area contributed by atoms with E-state index in [1.807, 2.05) is 0 Å². The lowest BCUT2D eigenvalue weighted by molar-refractivity contribution is 0.0665. The third kappa shape index (κ3) is 1.82. The molecule has 1 fully saturated rings. The number of aliphatic hydroxyl groups excluding tert-OH is 1. The first-order valence-corrected chi connectivity index (χ1v) is 6.65. The van der Waals surface area contributed by atoms with Gasteiger partial charge in [-0.05, 0) is 18.6 Å². The summed E-state index contributed by atoms with van der Waals surface area (Å²) in [5.41, 5.74) is -1.55. The second-order valence-electron chi connectivity index (χ2n) is 4.60. The molecule has 100 valence electrons. The lowest BCUT2D eigenvalue weighted by atomic mass is 9.94. The Labute approximate surface area is 103 Å². The van der Waals surface area contributed by atoms with Crippen molar-refractivity contribution in [2.45, 2.75) is 29.6 Å². The molecule has 1 aromatic rings. The molecule has 1 atom stereocenters. The van der Waals surface area contributed by atoms with E-state index in [2.05, 4.69) is 0 Å². The molecule has 0 heterocycles. The Morgan fingerprint density at radius 2 is 1.94 bits per heavy atom. The highest BCUT2D eigenvalue weighted by Gasteiger charge is 2.72. The van der Waals surface area contributed by atoms with Crippen molar-refractivity contribution in [2.75, 3.05) is 6.61 Å². The molecule has 4 nitrogen and oxygen atoms in total. The molecule has 0 radical (unpaired) electrons. The molecule has 0 saturated heterocycles. The molecule has 18 heavy (non-hydrogen) atoms. The molecular weight excluding hydrogens is 266 g/mol. The molecule has 1 aliphatic rings. The number of halogens is 2. The Kier molecular flexibility index (Phi) is 2.77. The van der Waals surface area contributed by atoms with Gasteiger partial charge < -0.3 is 5.11 Å². The minimum absolute atomic E-state index is 0.225. The number of aliphatic hydroxyl groups is 1. The molecule has 0 aromatic heterocycles. The molecule has 1 saturated carbocycles. The summed E-state index contributed by atoms with van der Waals surface area (Å²) in [5.74, 6) is -3.16. The monoisotopic (exact) mass is 278 g/mol. The maximum Gasteiger partial charge on any atom is 0.294 e. The van der Waals surface area contributed by atoms with Crippen LogP contribution < -0.4 is 0 Å². The second-order valence-corrected chi connectivity index (χ2v) is 5.99. The molecule has 0 bridgehead atoms. The molecule has 1 unspecified atom stereocenters. The van der Waals surface area contributed by atoms with Crippen molar-refractivity contribution in [3.63, 3.8) is 0 Å². The first-order valence-electron chi connectivity index (χ1n) is 5.21. The van der Waals surface area contributed by atoms with E-state index < -0.39 is 39.4 Å². The van der Waals surface area contributed by atoms with Gasteiger partial charge in [-0.15, -0.1) is 0 Å². The SMILES string of the molecule is Cc1ccc(S(=O)(=O)O)c(C2(CO)CC2(F)F)c1. The van der Waals surface area contributed by atoms with Crippen LogP contribution in [0.2, 0.25) is 0 Å². The lowest BCUT2D eigenvalue weighted by Gasteiger charge is -2.17. The van der Waals surface area contributed by atoms with E-state index >= 15 is 0 Å². The van der Waals surface area contributed by atoms with Gasteiger partial charge in [0.1, 0.15) is 0 Å². The van der Waals surface area contributed by atoms with Gasteiger partial charge in [0.25, 0.3) is 16.0 Å². The quantitative estimate of drug-likeness (QED) is 0.822. The molecule has 0 spiro atoms. The van der Waals surface area contributed by atoms with Gasteiger partial charge in [-0.1, -0.05) is 17.7 Å². The molecular formula is C11H12F2O4S. The van der Waals surface area contributed by atoms with Gasteiger partial charge in [0.15, 0.2) is 0 Å². The number of alkyl halides is 2. The average molecular weight is 278 g/mol. The summed E-state index contributed by atoms with van der Waals surface area (Å²) in [6.45, 7) is 0.745. The highest BCUT2D eigenvalue weighted by atomic mass is 32.2. The Bertz CT molecular complexity index is 597. The maximum atomic E-state index is 13.4. The summed E-state index contributed by atoms with van der Waals surface area (Å²) in [6, 6.07) is 3.74. The lowest BCUT2D eigenvalue weighted by Crippen LogP contribution is -2.24. The third-order valence-corrected chi connectivity index (χ3v) is 4.21. The van der Waals surface area contributed by atoms with Crippen molar-refractivity contribution < 1.29 is 26.9 Å². The molecule has 7 heteroatoms. The van der Waals surface area contributed by atoms with E-state index in [0.717, 1.165) is 6.07 Å². The average Bonchev–Trinajstić information content (AvgIpc) is 2.80. The van der Waals surface area contributed by atoms with E-state index in [0.29, 0.717) is 5.56 Å². The van der Waals surface area contributed by atoms with Gasteiger partial charge in [-0.25, -0.2) is 8.78 Å². The third-order valence-electron chi connectivity index (χ3n) is 3.30. The van der Waals surface area contributed by atoms with E-state index in [1.165, 1.54) is 12.1 Å². The van der Waals surface area contributed by atoms with Crippen LogP contribution in [0.3, 0.4) is 0 Å². The summed E-state index contributed by atoms with van der Waals surface area (Å²) in [4.78, 5) is -0.570. The van der Waals surface area contributed by atoms with Crippen LogP contribution in [-0.4, -0.2) is 30.6 Å². The summed E-state index contributed by atoms with van der Waals surface area (Å²) >= 11 is 0. The van der Waals surface area contributed by atoms with E-state index in [-0.39, 0.29) is 5.56 Å². The van der Waals surface area contributed by atoms with E-state index in [1.54, 1.807) is 6.92 Å². The Balaban J connectivity index is 2.68. The van der Waals surface area contributed by atoms with Crippen LogP contribution in [0.15, 0.2) is 23.1 Å². The first-order chi connectivity index (χ1) is 8.14. The van der Waals surface area contributed by atoms with Crippen LogP contribution in [-0.2, 0) is 15.5 Å². The zero-order chi connectivity index (χ0) is 13.8. The van der Waals surface area contributed by atoms with Gasteiger partial charge >= 0.3 is 0 Å². The summed E-state index contributed by atoms with van der Waals surface area (Å²) < 4.78 is 58.3. The van der Waals surface area contributed by atoms with Crippen LogP contribution in [0.4, 0.5) is 8.78 Å². The van der Waals surface area contributed by atoms with Crippen molar-refractivity contribution in [1.82, 2.24) is 0 Å². The molecule has 0 amide bonds. The van der Waals surface area contributed by atoms with Crippen LogP contribution >= 0.6 is 0 Å². The second kappa shape index (κ2) is 3.72. The van der Waals surface area contributed by atoms with Crippen molar-refractivity contribution in [3.8, 4) is 0 Å². The summed E-state index contributed by atoms with van der Waals surface area (Å²) in [5, 5.41) is 9.17. The highest BCUT2D eigenvalue weighted by molar-refractivity contribution is 7.85. The number of hydrogen-bond acceptors (Lipinski definition) is 3. The van der Waals surface area contributed by atoms with Crippen molar-refractivity contribution in [3.05, 3.63) is 29.3 Å². The maximum absolute atomic E-state index is 13.4. The zero-order valence-corrected chi connectivity index (χ0v) is 10.3. The standard InChI is InChI=1S/C11H12F2O4S/c1-7-2-3-9(18(15,16)17)8(4-7)10(6-14)5-11(10,12)13/h2-4,14H,5-6H2,1H3,(H,15,16,17). The van der Waals surface area contributed by atoms with Gasteiger partial charge in [0.05, 0.1) is 16.9 Å². The number of benzene rings is 1. The van der Waals surface area contributed by atoms with E-state index in [9.17, 15) is 22.3 Å². The fourth-order valence-corrected chi connectivity index (χ4v) is 2.90. The van der Waals surface area contributed by atoms with Crippen LogP contribution in [0, 0.1) is 6.92 Å². The molecule has 1 aliphatic carbocycles. The zero-order valence-electron chi connectivity index (χ0n) is 9.52. The fraction of sp³-hybridized carbons (Fsp3) is 0.455. The molecule has 0 aliphatic heterocycles. The van der Waals surface area contributed by atoms with Gasteiger partial charge in [-0.3, -0.25) is 4.55 Å². The topological polar surface area (TPSA) is 74.6 Å². The molecule has 1 aromatic carbocycles. The van der Waals surface area contributed by atoms with Crippen molar-refractivity contribution in [1.29, 1.82) is 0 Å². The Morgan fingerprint density at radius 3 is 2.33 bits per heavy atom. The molecule has 2 N–H and O–H groups in total. The van der Waals surface area contributed by atoms with Crippen LogP contribution in [0.5, 0.6) is 0 Å². The first kappa shape index (κ1) is 13.4. The van der Waals surface area contributed by atoms with Crippen LogP contribution in [0.25, 0.3) is 0 Å². The highest BCUT2D eigenvalue weighted by Crippen LogP contribution is 2.62.